The van der Waals surface area contributed by atoms with Crippen LogP contribution in [0.15, 0.2) is 24.3 Å². The number of carbonyl (C=O) groups excluding carboxylic acids is 1. The van der Waals surface area contributed by atoms with Gasteiger partial charge >= 0.3 is 6.36 Å². The molecule has 1 aliphatic rings. The highest BCUT2D eigenvalue weighted by Crippen LogP contribution is 2.23. The molecule has 1 heterocycles. The van der Waals surface area contributed by atoms with Crippen molar-refractivity contribution in [2.75, 3.05) is 13.1 Å². The molecule has 2 unspecified atom stereocenters. The quantitative estimate of drug-likeness (QED) is 0.909. The van der Waals surface area contributed by atoms with Gasteiger partial charge in [-0.25, -0.2) is 0 Å². The Morgan fingerprint density at radius 2 is 1.91 bits per heavy atom. The van der Waals surface area contributed by atoms with Crippen LogP contribution in [0.3, 0.4) is 0 Å². The molecule has 1 N–H and O–H groups in total. The Morgan fingerprint density at radius 1 is 1.30 bits per heavy atom. The second-order valence-electron chi connectivity index (χ2n) is 5.44. The molecule has 1 aliphatic heterocycles. The van der Waals surface area contributed by atoms with Crippen molar-refractivity contribution in [3.63, 3.8) is 0 Å². The summed E-state index contributed by atoms with van der Waals surface area (Å²) in [5.41, 5.74) is 0.665. The van der Waals surface area contributed by atoms with Crippen molar-refractivity contribution in [2.45, 2.75) is 38.7 Å². The highest BCUT2D eigenvalue weighted by molar-refractivity contribution is 5.85. The van der Waals surface area contributed by atoms with Crippen molar-refractivity contribution >= 4 is 18.3 Å². The average Bonchev–Trinajstić information content (AvgIpc) is 2.42. The van der Waals surface area contributed by atoms with Crippen LogP contribution in [0.4, 0.5) is 13.2 Å². The molecule has 23 heavy (non-hydrogen) atoms. The highest BCUT2D eigenvalue weighted by atomic mass is 35.5. The number of amides is 1. The zero-order valence-electron chi connectivity index (χ0n) is 12.9. The lowest BCUT2D eigenvalue weighted by Crippen LogP contribution is -2.57. The summed E-state index contributed by atoms with van der Waals surface area (Å²) in [6, 6.07) is 5.72. The molecule has 1 aromatic carbocycles. The molecule has 1 fully saturated rings. The van der Waals surface area contributed by atoms with Crippen molar-refractivity contribution in [2.24, 2.45) is 0 Å². The van der Waals surface area contributed by atoms with Crippen LogP contribution in [0.5, 0.6) is 5.75 Å². The van der Waals surface area contributed by atoms with E-state index in [1.54, 1.807) is 4.90 Å². The number of hydrogen-bond acceptors (Lipinski definition) is 3. The number of halogens is 4. The Labute approximate surface area is 139 Å². The third-order valence-corrected chi connectivity index (χ3v) is 3.87. The number of nitrogens with one attached hydrogen (secondary N) is 1. The van der Waals surface area contributed by atoms with Crippen LogP contribution in [-0.4, -0.2) is 42.3 Å². The van der Waals surface area contributed by atoms with Gasteiger partial charge < -0.3 is 15.0 Å². The van der Waals surface area contributed by atoms with Gasteiger partial charge in [-0.05, 0) is 31.5 Å². The second-order valence-corrected chi connectivity index (χ2v) is 5.44. The first kappa shape index (κ1) is 19.6. The molecular weight excluding hydrogens is 333 g/mol. The fourth-order valence-corrected chi connectivity index (χ4v) is 2.49. The summed E-state index contributed by atoms with van der Waals surface area (Å²) in [5.74, 6) is -0.307. The fraction of sp³-hybridized carbons (Fsp3) is 0.533. The minimum Gasteiger partial charge on any atom is -0.406 e. The van der Waals surface area contributed by atoms with E-state index >= 15 is 0 Å². The van der Waals surface area contributed by atoms with Gasteiger partial charge in [-0.2, -0.15) is 0 Å². The standard InChI is InChI=1S/C15H19F3N2O2.ClH/c1-10-11(2)20(8-7-19-10)14(21)9-12-3-5-13(6-4-12)22-15(16,17)18;/h3-6,10-11,19H,7-9H2,1-2H3;1H. The van der Waals surface area contributed by atoms with E-state index in [-0.39, 0.29) is 42.6 Å². The normalized spacial score (nSPS) is 21.5. The van der Waals surface area contributed by atoms with Crippen LogP contribution >= 0.6 is 12.4 Å². The first-order chi connectivity index (χ1) is 10.3. The third kappa shape index (κ3) is 5.58. The van der Waals surface area contributed by atoms with Crippen LogP contribution in [0.1, 0.15) is 19.4 Å². The highest BCUT2D eigenvalue weighted by Gasteiger charge is 2.31. The minimum absolute atomic E-state index is 0. The Bertz CT molecular complexity index is 522. The Morgan fingerprint density at radius 3 is 2.48 bits per heavy atom. The molecule has 1 aromatic rings. The van der Waals surface area contributed by atoms with Crippen LogP contribution < -0.4 is 10.1 Å². The van der Waals surface area contributed by atoms with Crippen LogP contribution in [-0.2, 0) is 11.2 Å². The molecule has 0 aromatic heterocycles. The van der Waals surface area contributed by atoms with E-state index in [1.165, 1.54) is 24.3 Å². The van der Waals surface area contributed by atoms with E-state index in [9.17, 15) is 18.0 Å². The van der Waals surface area contributed by atoms with Crippen molar-refractivity contribution in [1.82, 2.24) is 10.2 Å². The predicted octanol–water partition coefficient (Wildman–Crippen LogP) is 2.76. The lowest BCUT2D eigenvalue weighted by Gasteiger charge is -2.38. The third-order valence-electron chi connectivity index (χ3n) is 3.87. The SMILES string of the molecule is CC1NCCN(C(=O)Cc2ccc(OC(F)(F)F)cc2)C1C.Cl. The van der Waals surface area contributed by atoms with E-state index in [1.807, 2.05) is 13.8 Å². The minimum atomic E-state index is -4.70. The first-order valence-corrected chi connectivity index (χ1v) is 7.14. The zero-order chi connectivity index (χ0) is 16.3. The number of carbonyl (C=O) groups is 1. The summed E-state index contributed by atoms with van der Waals surface area (Å²) in [7, 11) is 0. The topological polar surface area (TPSA) is 41.6 Å². The molecule has 0 aliphatic carbocycles. The molecule has 2 atom stereocenters. The van der Waals surface area contributed by atoms with E-state index in [4.69, 9.17) is 0 Å². The van der Waals surface area contributed by atoms with Gasteiger partial charge in [0, 0.05) is 25.2 Å². The van der Waals surface area contributed by atoms with E-state index in [0.29, 0.717) is 12.1 Å². The summed E-state index contributed by atoms with van der Waals surface area (Å²) in [5, 5.41) is 3.29. The number of alkyl halides is 3. The number of nitrogens with zero attached hydrogens (tertiary/aromatic N) is 1. The van der Waals surface area contributed by atoms with Gasteiger partial charge in [-0.3, -0.25) is 4.79 Å². The molecule has 1 amide bonds. The van der Waals surface area contributed by atoms with Gasteiger partial charge in [-0.1, -0.05) is 12.1 Å². The van der Waals surface area contributed by atoms with E-state index in [0.717, 1.165) is 6.54 Å². The monoisotopic (exact) mass is 352 g/mol. The largest absolute Gasteiger partial charge is 0.573 e. The van der Waals surface area contributed by atoms with Gasteiger partial charge in [0.15, 0.2) is 0 Å². The maximum Gasteiger partial charge on any atom is 0.573 e. The molecule has 0 saturated carbocycles. The van der Waals surface area contributed by atoms with Crippen molar-refractivity contribution in [1.29, 1.82) is 0 Å². The molecule has 0 radical (unpaired) electrons. The average molecular weight is 353 g/mol. The summed E-state index contributed by atoms with van der Waals surface area (Å²) < 4.78 is 40.1. The number of benzene rings is 1. The smallest absolute Gasteiger partial charge is 0.406 e. The maximum absolute atomic E-state index is 12.3. The van der Waals surface area contributed by atoms with Crippen molar-refractivity contribution in [3.8, 4) is 5.75 Å². The van der Waals surface area contributed by atoms with E-state index < -0.39 is 6.36 Å². The van der Waals surface area contributed by atoms with E-state index in [2.05, 4.69) is 10.1 Å². The number of rotatable bonds is 3. The predicted molar refractivity (Wildman–Crippen MR) is 82.7 cm³/mol. The molecule has 8 heteroatoms. The zero-order valence-corrected chi connectivity index (χ0v) is 13.7. The van der Waals surface area contributed by atoms with Crippen LogP contribution in [0.2, 0.25) is 0 Å². The molecule has 4 nitrogen and oxygen atoms in total. The Balaban J connectivity index is 0.00000264. The fourth-order valence-electron chi connectivity index (χ4n) is 2.49. The molecule has 130 valence electrons. The summed E-state index contributed by atoms with van der Waals surface area (Å²) in [6.45, 7) is 5.39. The number of hydrogen-bond donors (Lipinski definition) is 1. The molecule has 0 spiro atoms. The Kier molecular flexibility index (Phi) is 6.70. The number of ether oxygens (including phenoxy) is 1. The van der Waals surface area contributed by atoms with Crippen LogP contribution in [0, 0.1) is 0 Å². The molecular formula is C15H20ClF3N2O2. The number of piperazine rings is 1. The molecule has 1 saturated heterocycles. The lowest BCUT2D eigenvalue weighted by molar-refractivity contribution is -0.274. The van der Waals surface area contributed by atoms with Gasteiger partial charge in [0.25, 0.3) is 0 Å². The maximum atomic E-state index is 12.3. The van der Waals surface area contributed by atoms with Gasteiger partial charge in [0.05, 0.1) is 6.42 Å². The summed E-state index contributed by atoms with van der Waals surface area (Å²) in [6.07, 6.45) is -4.53. The first-order valence-electron chi connectivity index (χ1n) is 7.14. The van der Waals surface area contributed by atoms with Gasteiger partial charge in [-0.15, -0.1) is 25.6 Å². The summed E-state index contributed by atoms with van der Waals surface area (Å²) >= 11 is 0. The molecule has 2 rings (SSSR count). The summed E-state index contributed by atoms with van der Waals surface area (Å²) in [4.78, 5) is 14.1. The molecule has 0 bridgehead atoms. The van der Waals surface area contributed by atoms with Crippen molar-refractivity contribution in [3.05, 3.63) is 29.8 Å². The Hall–Kier alpha value is -1.47. The van der Waals surface area contributed by atoms with Crippen LogP contribution in [0.25, 0.3) is 0 Å². The lowest BCUT2D eigenvalue weighted by atomic mass is 10.0. The van der Waals surface area contributed by atoms with Gasteiger partial charge in [0.2, 0.25) is 5.91 Å². The van der Waals surface area contributed by atoms with Gasteiger partial charge in [0.1, 0.15) is 5.75 Å². The van der Waals surface area contributed by atoms with Crippen molar-refractivity contribution < 1.29 is 22.7 Å². The second kappa shape index (κ2) is 7.88.